The average Bonchev–Trinajstić information content (AvgIpc) is 3.04. The molecule has 0 bridgehead atoms. The molecule has 0 atom stereocenters. The first-order valence-electron chi connectivity index (χ1n) is 7.10. The maximum Gasteiger partial charge on any atom is 0.271 e. The molecule has 0 radical (unpaired) electrons. The van der Waals surface area contributed by atoms with Crippen LogP contribution in [0.2, 0.25) is 5.02 Å². The van der Waals surface area contributed by atoms with E-state index in [1.807, 2.05) is 24.3 Å². The lowest BCUT2D eigenvalue weighted by Crippen LogP contribution is -2.29. The number of carbonyl (C=O) groups excluding carboxylic acids is 1. The van der Waals surface area contributed by atoms with Crippen LogP contribution < -0.4 is 10.6 Å². The molecule has 8 heteroatoms. The number of halogens is 3. The van der Waals surface area contributed by atoms with Crippen LogP contribution in [-0.4, -0.2) is 30.5 Å². The zero-order valence-electron chi connectivity index (χ0n) is 12.8. The van der Waals surface area contributed by atoms with Gasteiger partial charge in [0.15, 0.2) is 0 Å². The predicted octanol–water partition coefficient (Wildman–Crippen LogP) is 3.96. The van der Waals surface area contributed by atoms with Gasteiger partial charge in [0.05, 0.1) is 0 Å². The first-order valence-corrected chi connectivity index (χ1v) is 8.36. The highest BCUT2D eigenvalue weighted by Gasteiger charge is 2.12. The van der Waals surface area contributed by atoms with Gasteiger partial charge in [-0.15, -0.1) is 36.2 Å². The van der Waals surface area contributed by atoms with Crippen molar-refractivity contribution in [2.75, 3.05) is 19.6 Å². The van der Waals surface area contributed by atoms with Gasteiger partial charge in [-0.3, -0.25) is 4.79 Å². The summed E-state index contributed by atoms with van der Waals surface area (Å²) in [6.45, 7) is 2.43. The van der Waals surface area contributed by atoms with Gasteiger partial charge in [-0.05, 0) is 25.1 Å². The Labute approximate surface area is 162 Å². The van der Waals surface area contributed by atoms with Crippen molar-refractivity contribution < 1.29 is 4.79 Å². The number of nitrogens with one attached hydrogen (secondary N) is 2. The van der Waals surface area contributed by atoms with E-state index in [2.05, 4.69) is 21.7 Å². The summed E-state index contributed by atoms with van der Waals surface area (Å²) in [7, 11) is 0. The van der Waals surface area contributed by atoms with Gasteiger partial charge in [0, 0.05) is 29.1 Å². The Morgan fingerprint density at radius 1 is 1.38 bits per heavy atom. The van der Waals surface area contributed by atoms with Gasteiger partial charge in [-0.2, -0.15) is 0 Å². The molecule has 1 aromatic carbocycles. The van der Waals surface area contributed by atoms with Gasteiger partial charge < -0.3 is 10.6 Å². The molecule has 4 nitrogen and oxygen atoms in total. The van der Waals surface area contributed by atoms with Crippen LogP contribution in [0, 0.1) is 0 Å². The highest BCUT2D eigenvalue weighted by atomic mass is 35.5. The molecule has 3 rings (SSSR count). The molecule has 0 fully saturated rings. The van der Waals surface area contributed by atoms with Crippen LogP contribution in [-0.2, 0) is 0 Å². The smallest absolute Gasteiger partial charge is 0.271 e. The van der Waals surface area contributed by atoms with E-state index < -0.39 is 0 Å². The SMILES string of the molecule is Cl.Cl.O=C(NCC1=CCNCC1)c1csc(-c2cccc(Cl)c2)n1. The molecular formula is C16H18Cl3N3OS. The number of benzene rings is 1. The second-order valence-corrected chi connectivity index (χ2v) is 6.34. The fourth-order valence-electron chi connectivity index (χ4n) is 2.25. The molecule has 0 unspecified atom stereocenters. The molecule has 1 aliphatic rings. The summed E-state index contributed by atoms with van der Waals surface area (Å²) in [4.78, 5) is 16.6. The van der Waals surface area contributed by atoms with Gasteiger partial charge in [-0.1, -0.05) is 35.4 Å². The molecule has 0 spiro atoms. The van der Waals surface area contributed by atoms with Crippen molar-refractivity contribution in [2.24, 2.45) is 0 Å². The third-order valence-corrected chi connectivity index (χ3v) is 4.57. The summed E-state index contributed by atoms with van der Waals surface area (Å²) in [6.07, 6.45) is 3.10. The van der Waals surface area contributed by atoms with Gasteiger partial charge in [0.1, 0.15) is 10.7 Å². The zero-order valence-corrected chi connectivity index (χ0v) is 16.0. The predicted molar refractivity (Wildman–Crippen MR) is 105 cm³/mol. The second-order valence-electron chi connectivity index (χ2n) is 5.05. The number of thiazole rings is 1. The standard InChI is InChI=1S/C16H16ClN3OS.2ClH/c17-13-3-1-2-12(8-13)16-20-14(10-22-16)15(21)19-9-11-4-6-18-7-5-11;;/h1-4,8,10,18H,5-7,9H2,(H,19,21);2*1H. The van der Waals surface area contributed by atoms with Crippen molar-refractivity contribution in [1.29, 1.82) is 0 Å². The van der Waals surface area contributed by atoms with E-state index in [4.69, 9.17) is 11.6 Å². The number of rotatable bonds is 4. The first kappa shape index (κ1) is 20.9. The second kappa shape index (κ2) is 10.0. The van der Waals surface area contributed by atoms with E-state index in [0.29, 0.717) is 17.3 Å². The van der Waals surface area contributed by atoms with E-state index in [1.54, 1.807) is 5.38 Å². The van der Waals surface area contributed by atoms with Crippen LogP contribution in [0.4, 0.5) is 0 Å². The summed E-state index contributed by atoms with van der Waals surface area (Å²) < 4.78 is 0. The van der Waals surface area contributed by atoms with Crippen molar-refractivity contribution in [1.82, 2.24) is 15.6 Å². The summed E-state index contributed by atoms with van der Waals surface area (Å²) in [6, 6.07) is 7.48. The molecule has 2 N–H and O–H groups in total. The lowest BCUT2D eigenvalue weighted by atomic mass is 10.1. The number of aromatic nitrogens is 1. The van der Waals surface area contributed by atoms with E-state index >= 15 is 0 Å². The van der Waals surface area contributed by atoms with Crippen molar-refractivity contribution in [3.05, 3.63) is 52.0 Å². The summed E-state index contributed by atoms with van der Waals surface area (Å²) in [5, 5.41) is 9.42. The van der Waals surface area contributed by atoms with E-state index in [9.17, 15) is 4.79 Å². The molecule has 24 heavy (non-hydrogen) atoms. The Morgan fingerprint density at radius 2 is 2.21 bits per heavy atom. The fourth-order valence-corrected chi connectivity index (χ4v) is 3.23. The fraction of sp³-hybridized carbons (Fsp3) is 0.250. The topological polar surface area (TPSA) is 54.0 Å². The minimum absolute atomic E-state index is 0. The van der Waals surface area contributed by atoms with Gasteiger partial charge in [0.2, 0.25) is 0 Å². The first-order chi connectivity index (χ1) is 10.7. The number of hydrogen-bond acceptors (Lipinski definition) is 4. The van der Waals surface area contributed by atoms with Crippen LogP contribution in [0.1, 0.15) is 16.9 Å². The molecule has 1 aliphatic heterocycles. The van der Waals surface area contributed by atoms with Crippen LogP contribution in [0.5, 0.6) is 0 Å². The van der Waals surface area contributed by atoms with E-state index in [0.717, 1.165) is 30.1 Å². The van der Waals surface area contributed by atoms with Gasteiger partial charge >= 0.3 is 0 Å². The summed E-state index contributed by atoms with van der Waals surface area (Å²) >= 11 is 7.43. The Balaban J connectivity index is 0.00000144. The molecule has 0 saturated heterocycles. The largest absolute Gasteiger partial charge is 0.347 e. The Hall–Kier alpha value is -1.11. The van der Waals surface area contributed by atoms with Gasteiger partial charge in [0.25, 0.3) is 5.91 Å². The van der Waals surface area contributed by atoms with Crippen molar-refractivity contribution in [3.8, 4) is 10.6 Å². The van der Waals surface area contributed by atoms with Crippen LogP contribution in [0.25, 0.3) is 10.6 Å². The molecule has 1 aromatic heterocycles. The zero-order chi connectivity index (χ0) is 15.4. The number of carbonyl (C=O) groups is 1. The molecule has 0 saturated carbocycles. The lowest BCUT2D eigenvalue weighted by Gasteiger charge is -2.14. The number of nitrogens with zero attached hydrogens (tertiary/aromatic N) is 1. The number of hydrogen-bond donors (Lipinski definition) is 2. The van der Waals surface area contributed by atoms with E-state index in [1.165, 1.54) is 16.9 Å². The van der Waals surface area contributed by atoms with Crippen LogP contribution >= 0.6 is 47.8 Å². The molecular weight excluding hydrogens is 389 g/mol. The lowest BCUT2D eigenvalue weighted by molar-refractivity contribution is 0.0952. The molecule has 2 heterocycles. The molecule has 0 aliphatic carbocycles. The maximum atomic E-state index is 12.2. The van der Waals surface area contributed by atoms with Crippen molar-refractivity contribution in [2.45, 2.75) is 6.42 Å². The monoisotopic (exact) mass is 405 g/mol. The van der Waals surface area contributed by atoms with Crippen molar-refractivity contribution in [3.63, 3.8) is 0 Å². The molecule has 130 valence electrons. The summed E-state index contributed by atoms with van der Waals surface area (Å²) in [5.74, 6) is -0.135. The third-order valence-electron chi connectivity index (χ3n) is 3.44. The Morgan fingerprint density at radius 3 is 2.92 bits per heavy atom. The Bertz CT molecular complexity index is 718. The number of amides is 1. The normalized spacial score (nSPS) is 13.3. The minimum atomic E-state index is -0.135. The molecule has 2 aromatic rings. The van der Waals surface area contributed by atoms with Crippen LogP contribution in [0.3, 0.4) is 0 Å². The van der Waals surface area contributed by atoms with Gasteiger partial charge in [-0.25, -0.2) is 4.98 Å². The van der Waals surface area contributed by atoms with E-state index in [-0.39, 0.29) is 30.7 Å². The summed E-state index contributed by atoms with van der Waals surface area (Å²) in [5.41, 5.74) is 2.64. The third kappa shape index (κ3) is 5.46. The molecule has 1 amide bonds. The Kier molecular flexibility index (Phi) is 8.73. The highest BCUT2D eigenvalue weighted by molar-refractivity contribution is 7.13. The van der Waals surface area contributed by atoms with Crippen molar-refractivity contribution >= 4 is 53.7 Å². The average molecular weight is 407 g/mol. The highest BCUT2D eigenvalue weighted by Crippen LogP contribution is 2.25. The maximum absolute atomic E-state index is 12.2. The van der Waals surface area contributed by atoms with Crippen LogP contribution in [0.15, 0.2) is 41.3 Å². The quantitative estimate of drug-likeness (QED) is 0.756. The minimum Gasteiger partial charge on any atom is -0.347 e.